The Morgan fingerprint density at radius 3 is 2.70 bits per heavy atom. The number of nitrogens with zero attached hydrogens (tertiary/aromatic N) is 2. The van der Waals surface area contributed by atoms with E-state index in [2.05, 4.69) is 10.3 Å². The number of aromatic nitrogens is 2. The number of aryl methyl sites for hydroxylation is 1. The molecule has 1 N–H and O–H groups in total. The second-order valence-corrected chi connectivity index (χ2v) is 7.47. The van der Waals surface area contributed by atoms with Crippen molar-refractivity contribution in [1.29, 1.82) is 0 Å². The van der Waals surface area contributed by atoms with E-state index in [-0.39, 0.29) is 18.1 Å². The first-order chi connectivity index (χ1) is 14.6. The van der Waals surface area contributed by atoms with Gasteiger partial charge in [-0.05, 0) is 54.4 Å². The van der Waals surface area contributed by atoms with Crippen LogP contribution in [0.15, 0.2) is 54.0 Å². The van der Waals surface area contributed by atoms with Gasteiger partial charge < -0.3 is 14.8 Å². The van der Waals surface area contributed by atoms with Gasteiger partial charge in [-0.25, -0.2) is 9.37 Å². The molecule has 0 saturated heterocycles. The molecular weight excluding hydrogens is 405 g/mol. The maximum absolute atomic E-state index is 13.3. The van der Waals surface area contributed by atoms with Gasteiger partial charge in [-0.1, -0.05) is 0 Å². The molecule has 0 aliphatic rings. The molecule has 0 aliphatic carbocycles. The molecule has 2 aromatic heterocycles. The van der Waals surface area contributed by atoms with Crippen LogP contribution in [0.2, 0.25) is 0 Å². The molecule has 8 heteroatoms. The van der Waals surface area contributed by atoms with E-state index in [4.69, 9.17) is 9.47 Å². The predicted molar refractivity (Wildman–Crippen MR) is 115 cm³/mol. The Bertz CT molecular complexity index is 1180. The van der Waals surface area contributed by atoms with Crippen molar-refractivity contribution in [3.8, 4) is 22.8 Å². The molecule has 0 bridgehead atoms. The number of carbonyl (C=O) groups excluding carboxylic acids is 1. The van der Waals surface area contributed by atoms with Crippen LogP contribution >= 0.6 is 11.3 Å². The SMILES string of the molecule is COc1ccc(OC)c(CCC(=O)Nc2c(-c3ccc(F)cc3)nc3sccn23)c1. The molecular formula is C22H20FN3O3S. The highest BCUT2D eigenvalue weighted by Gasteiger charge is 2.18. The molecule has 0 radical (unpaired) electrons. The fraction of sp³-hybridized carbons (Fsp3) is 0.182. The Kier molecular flexibility index (Phi) is 5.67. The highest BCUT2D eigenvalue weighted by atomic mass is 32.1. The topological polar surface area (TPSA) is 64.9 Å². The van der Waals surface area contributed by atoms with Crippen molar-refractivity contribution < 1.29 is 18.7 Å². The van der Waals surface area contributed by atoms with Crippen molar-refractivity contribution in [2.75, 3.05) is 19.5 Å². The van der Waals surface area contributed by atoms with Gasteiger partial charge in [-0.3, -0.25) is 9.20 Å². The summed E-state index contributed by atoms with van der Waals surface area (Å²) < 4.78 is 25.8. The standard InChI is InChI=1S/C22H20FN3O3S/c1-28-17-8-9-18(29-2)15(13-17)5-10-19(27)24-21-20(14-3-6-16(23)7-4-14)25-22-26(21)11-12-30-22/h3-4,6-9,11-13H,5,10H2,1-2H3,(H,24,27). The minimum absolute atomic E-state index is 0.156. The third-order valence-corrected chi connectivity index (χ3v) is 5.50. The van der Waals surface area contributed by atoms with Crippen molar-refractivity contribution >= 4 is 28.0 Å². The maximum Gasteiger partial charge on any atom is 0.225 e. The van der Waals surface area contributed by atoms with E-state index in [1.807, 2.05) is 34.2 Å². The van der Waals surface area contributed by atoms with Gasteiger partial charge in [-0.2, -0.15) is 0 Å². The van der Waals surface area contributed by atoms with Gasteiger partial charge in [0.05, 0.1) is 14.2 Å². The minimum Gasteiger partial charge on any atom is -0.497 e. The summed E-state index contributed by atoms with van der Waals surface area (Å²) >= 11 is 1.46. The zero-order valence-corrected chi connectivity index (χ0v) is 17.3. The first-order valence-electron chi connectivity index (χ1n) is 9.31. The van der Waals surface area contributed by atoms with Crippen LogP contribution in [0.1, 0.15) is 12.0 Å². The van der Waals surface area contributed by atoms with Crippen LogP contribution in [-0.2, 0) is 11.2 Å². The summed E-state index contributed by atoms with van der Waals surface area (Å²) in [5, 5.41) is 4.87. The molecule has 30 heavy (non-hydrogen) atoms. The summed E-state index contributed by atoms with van der Waals surface area (Å²) in [6.45, 7) is 0. The Morgan fingerprint density at radius 2 is 1.97 bits per heavy atom. The number of carbonyl (C=O) groups is 1. The molecule has 0 aliphatic heterocycles. The highest BCUT2D eigenvalue weighted by Crippen LogP contribution is 2.31. The zero-order chi connectivity index (χ0) is 21.1. The van der Waals surface area contributed by atoms with Gasteiger partial charge in [0.15, 0.2) is 4.96 Å². The molecule has 0 spiro atoms. The van der Waals surface area contributed by atoms with Crippen LogP contribution in [0, 0.1) is 5.82 Å². The number of benzene rings is 2. The van der Waals surface area contributed by atoms with E-state index in [1.54, 1.807) is 26.4 Å². The number of anilines is 1. The monoisotopic (exact) mass is 425 g/mol. The van der Waals surface area contributed by atoms with Gasteiger partial charge in [0.25, 0.3) is 0 Å². The lowest BCUT2D eigenvalue weighted by Crippen LogP contribution is -2.14. The average molecular weight is 425 g/mol. The molecule has 0 fully saturated rings. The Balaban J connectivity index is 1.56. The summed E-state index contributed by atoms with van der Waals surface area (Å²) in [6.07, 6.45) is 2.59. The third kappa shape index (κ3) is 3.99. The van der Waals surface area contributed by atoms with Crippen molar-refractivity contribution in [3.05, 3.63) is 65.4 Å². The van der Waals surface area contributed by atoms with E-state index in [0.29, 0.717) is 29.4 Å². The lowest BCUT2D eigenvalue weighted by Gasteiger charge is -2.11. The van der Waals surface area contributed by atoms with E-state index in [0.717, 1.165) is 16.1 Å². The molecule has 4 aromatic rings. The highest BCUT2D eigenvalue weighted by molar-refractivity contribution is 7.15. The number of rotatable bonds is 7. The number of methoxy groups -OCH3 is 2. The van der Waals surface area contributed by atoms with Crippen LogP contribution in [0.3, 0.4) is 0 Å². The summed E-state index contributed by atoms with van der Waals surface area (Å²) in [5.41, 5.74) is 2.23. The number of ether oxygens (including phenoxy) is 2. The zero-order valence-electron chi connectivity index (χ0n) is 16.5. The van der Waals surface area contributed by atoms with Gasteiger partial charge in [0.2, 0.25) is 5.91 Å². The first-order valence-corrected chi connectivity index (χ1v) is 10.2. The largest absolute Gasteiger partial charge is 0.497 e. The number of nitrogens with one attached hydrogen (secondary N) is 1. The second kappa shape index (κ2) is 8.54. The van der Waals surface area contributed by atoms with Crippen molar-refractivity contribution in [2.24, 2.45) is 0 Å². The van der Waals surface area contributed by atoms with Crippen LogP contribution in [0.4, 0.5) is 10.2 Å². The van der Waals surface area contributed by atoms with Gasteiger partial charge >= 0.3 is 0 Å². The van der Waals surface area contributed by atoms with Crippen LogP contribution in [0.5, 0.6) is 11.5 Å². The molecule has 6 nitrogen and oxygen atoms in total. The van der Waals surface area contributed by atoms with Crippen molar-refractivity contribution in [1.82, 2.24) is 9.38 Å². The molecule has 4 rings (SSSR count). The molecule has 1 amide bonds. The number of thiazole rings is 1. The molecule has 154 valence electrons. The number of imidazole rings is 1. The first kappa shape index (κ1) is 19.9. The Morgan fingerprint density at radius 1 is 1.17 bits per heavy atom. The summed E-state index contributed by atoms with van der Waals surface area (Å²) in [6, 6.07) is 11.6. The van der Waals surface area contributed by atoms with E-state index >= 15 is 0 Å². The number of hydrogen-bond acceptors (Lipinski definition) is 5. The second-order valence-electron chi connectivity index (χ2n) is 6.60. The third-order valence-electron chi connectivity index (χ3n) is 4.75. The van der Waals surface area contributed by atoms with E-state index < -0.39 is 0 Å². The quantitative estimate of drug-likeness (QED) is 0.462. The summed E-state index contributed by atoms with van der Waals surface area (Å²) in [4.78, 5) is 18.1. The lowest BCUT2D eigenvalue weighted by molar-refractivity contribution is -0.116. The number of fused-ring (bicyclic) bond motifs is 1. The number of amides is 1. The van der Waals surface area contributed by atoms with Gasteiger partial charge in [0.1, 0.15) is 28.8 Å². The number of halogens is 1. The van der Waals surface area contributed by atoms with Gasteiger partial charge in [-0.15, -0.1) is 11.3 Å². The molecule has 0 saturated carbocycles. The predicted octanol–water partition coefficient (Wildman–Crippen LogP) is 4.79. The molecule has 2 aromatic carbocycles. The summed E-state index contributed by atoms with van der Waals surface area (Å²) in [7, 11) is 3.20. The van der Waals surface area contributed by atoms with Crippen LogP contribution < -0.4 is 14.8 Å². The normalized spacial score (nSPS) is 10.9. The molecule has 0 unspecified atom stereocenters. The van der Waals surface area contributed by atoms with Crippen molar-refractivity contribution in [3.63, 3.8) is 0 Å². The van der Waals surface area contributed by atoms with Crippen LogP contribution in [0.25, 0.3) is 16.2 Å². The van der Waals surface area contributed by atoms with Crippen molar-refractivity contribution in [2.45, 2.75) is 12.8 Å². The molecule has 0 atom stereocenters. The fourth-order valence-electron chi connectivity index (χ4n) is 3.23. The smallest absolute Gasteiger partial charge is 0.225 e. The van der Waals surface area contributed by atoms with E-state index in [9.17, 15) is 9.18 Å². The lowest BCUT2D eigenvalue weighted by atomic mass is 10.1. The Labute approximate surface area is 176 Å². The van der Waals surface area contributed by atoms with Gasteiger partial charge in [0, 0.05) is 23.6 Å². The number of hydrogen-bond donors (Lipinski definition) is 1. The minimum atomic E-state index is -0.322. The Hall–Kier alpha value is -3.39. The van der Waals surface area contributed by atoms with Crippen LogP contribution in [-0.4, -0.2) is 29.5 Å². The fourth-order valence-corrected chi connectivity index (χ4v) is 3.95. The molecule has 2 heterocycles. The maximum atomic E-state index is 13.3. The summed E-state index contributed by atoms with van der Waals surface area (Å²) in [5.74, 6) is 1.51. The van der Waals surface area contributed by atoms with E-state index in [1.165, 1.54) is 23.5 Å². The average Bonchev–Trinajstić information content (AvgIpc) is 3.35.